The molecule has 1 amide bonds. The van der Waals surface area contributed by atoms with Gasteiger partial charge in [0.15, 0.2) is 0 Å². The molecule has 2 aromatic carbocycles. The lowest BCUT2D eigenvalue weighted by molar-refractivity contribution is -0.0355. The SMILES string of the molecule is CC(C)(C)OC(=O)N1CCC(O)(c2ccc(OCc3c(-c4c(Cl)cccc4Cl)noc3C3CC3)cc2Cl)CC1. The van der Waals surface area contributed by atoms with Gasteiger partial charge in [-0.3, -0.25) is 0 Å². The normalized spacial score (nSPS) is 17.3. The van der Waals surface area contributed by atoms with Gasteiger partial charge in [0, 0.05) is 30.1 Å². The van der Waals surface area contributed by atoms with Gasteiger partial charge in [0.2, 0.25) is 0 Å². The standard InChI is InChI=1S/C29H31Cl3N2O5/c1-28(2,3)38-27(35)34-13-11-29(36,12-14-34)20-10-9-18(15-23(20)32)37-16-19-25(33-39-26(19)17-7-8-17)24-21(30)5-4-6-22(24)31/h4-6,9-10,15,17,36H,7-8,11-14,16H2,1-3H3. The second-order valence-corrected chi connectivity index (χ2v) is 12.4. The van der Waals surface area contributed by atoms with E-state index < -0.39 is 11.2 Å². The Morgan fingerprint density at radius 2 is 1.77 bits per heavy atom. The molecule has 208 valence electrons. The van der Waals surface area contributed by atoms with Gasteiger partial charge in [0.1, 0.15) is 29.4 Å². The van der Waals surface area contributed by atoms with E-state index in [0.717, 1.165) is 24.2 Å². The van der Waals surface area contributed by atoms with E-state index in [1.165, 1.54) is 0 Å². The van der Waals surface area contributed by atoms with Crippen LogP contribution in [0.4, 0.5) is 4.79 Å². The Morgan fingerprint density at radius 3 is 2.36 bits per heavy atom. The maximum Gasteiger partial charge on any atom is 0.410 e. The van der Waals surface area contributed by atoms with Gasteiger partial charge < -0.3 is 24.0 Å². The molecule has 0 spiro atoms. The molecule has 1 aliphatic heterocycles. The summed E-state index contributed by atoms with van der Waals surface area (Å²) in [4.78, 5) is 14.0. The Hall–Kier alpha value is -2.45. The van der Waals surface area contributed by atoms with Crippen LogP contribution < -0.4 is 4.74 Å². The molecule has 1 N–H and O–H groups in total. The van der Waals surface area contributed by atoms with Crippen molar-refractivity contribution in [3.8, 4) is 17.0 Å². The quantitative estimate of drug-likeness (QED) is 0.312. The molecule has 1 aliphatic carbocycles. The van der Waals surface area contributed by atoms with Crippen molar-refractivity contribution in [1.29, 1.82) is 0 Å². The first-order valence-electron chi connectivity index (χ1n) is 13.0. The molecule has 2 aliphatic rings. The number of benzene rings is 2. The molecule has 7 nitrogen and oxygen atoms in total. The summed E-state index contributed by atoms with van der Waals surface area (Å²) in [5.74, 6) is 1.63. The van der Waals surface area contributed by atoms with E-state index in [2.05, 4.69) is 5.16 Å². The van der Waals surface area contributed by atoms with Crippen LogP contribution in [0.5, 0.6) is 5.75 Å². The largest absolute Gasteiger partial charge is 0.489 e. The monoisotopic (exact) mass is 592 g/mol. The molecule has 2 heterocycles. The van der Waals surface area contributed by atoms with E-state index in [0.29, 0.717) is 69.5 Å². The van der Waals surface area contributed by atoms with Crippen molar-refractivity contribution in [2.24, 2.45) is 0 Å². The third-order valence-corrected chi connectivity index (χ3v) is 7.98. The molecule has 39 heavy (non-hydrogen) atoms. The number of hydrogen-bond donors (Lipinski definition) is 1. The summed E-state index contributed by atoms with van der Waals surface area (Å²) in [5, 5.41) is 17.1. The van der Waals surface area contributed by atoms with Crippen molar-refractivity contribution in [3.05, 3.63) is 68.4 Å². The topological polar surface area (TPSA) is 85.0 Å². The summed E-state index contributed by atoms with van der Waals surface area (Å²) in [6, 6.07) is 10.6. The number of carbonyl (C=O) groups excluding carboxylic acids is 1. The summed E-state index contributed by atoms with van der Waals surface area (Å²) >= 11 is 19.6. The van der Waals surface area contributed by atoms with Gasteiger partial charge in [-0.25, -0.2) is 4.79 Å². The fourth-order valence-corrected chi connectivity index (χ4v) is 5.74. The maximum atomic E-state index is 12.4. The van der Waals surface area contributed by atoms with E-state index in [9.17, 15) is 9.90 Å². The number of aliphatic hydroxyl groups is 1. The molecule has 0 unspecified atom stereocenters. The minimum absolute atomic E-state index is 0.191. The fourth-order valence-electron chi connectivity index (χ4n) is 4.82. The minimum Gasteiger partial charge on any atom is -0.489 e. The average molecular weight is 594 g/mol. The zero-order valence-corrected chi connectivity index (χ0v) is 24.4. The maximum absolute atomic E-state index is 12.4. The Balaban J connectivity index is 1.30. The van der Waals surface area contributed by atoms with E-state index in [1.54, 1.807) is 41.3 Å². The summed E-state index contributed by atoms with van der Waals surface area (Å²) in [6.07, 6.45) is 2.38. The van der Waals surface area contributed by atoms with Crippen LogP contribution in [-0.4, -0.2) is 39.9 Å². The van der Waals surface area contributed by atoms with E-state index in [4.69, 9.17) is 48.8 Å². The Kier molecular flexibility index (Phi) is 7.81. The van der Waals surface area contributed by atoms with Gasteiger partial charge in [-0.05, 0) is 70.7 Å². The number of rotatable bonds is 6. The van der Waals surface area contributed by atoms with Crippen molar-refractivity contribution < 1.29 is 23.9 Å². The van der Waals surface area contributed by atoms with E-state index in [1.807, 2.05) is 20.8 Å². The minimum atomic E-state index is -1.16. The van der Waals surface area contributed by atoms with Crippen LogP contribution >= 0.6 is 34.8 Å². The second-order valence-electron chi connectivity index (χ2n) is 11.2. The van der Waals surface area contributed by atoms with Crippen LogP contribution in [-0.2, 0) is 16.9 Å². The van der Waals surface area contributed by atoms with Gasteiger partial charge in [0.25, 0.3) is 0 Å². The lowest BCUT2D eigenvalue weighted by Crippen LogP contribution is -2.46. The lowest BCUT2D eigenvalue weighted by Gasteiger charge is -2.39. The molecule has 5 rings (SSSR count). The van der Waals surface area contributed by atoms with Crippen LogP contribution in [0.2, 0.25) is 15.1 Å². The molecule has 10 heteroatoms. The zero-order chi connectivity index (χ0) is 27.9. The number of hydrogen-bond acceptors (Lipinski definition) is 6. The highest BCUT2D eigenvalue weighted by Gasteiger charge is 2.38. The second kappa shape index (κ2) is 10.8. The van der Waals surface area contributed by atoms with Crippen LogP contribution in [0.15, 0.2) is 40.9 Å². The number of likely N-dealkylation sites (tertiary alicyclic amines) is 1. The molecule has 0 bridgehead atoms. The van der Waals surface area contributed by atoms with E-state index in [-0.39, 0.29) is 12.7 Å². The van der Waals surface area contributed by atoms with Crippen LogP contribution in [0.25, 0.3) is 11.3 Å². The molecule has 0 radical (unpaired) electrons. The first-order valence-corrected chi connectivity index (χ1v) is 14.1. The highest BCUT2D eigenvalue weighted by molar-refractivity contribution is 6.39. The number of piperidine rings is 1. The van der Waals surface area contributed by atoms with Crippen molar-refractivity contribution in [1.82, 2.24) is 10.1 Å². The molecule has 1 saturated heterocycles. The lowest BCUT2D eigenvalue weighted by atomic mass is 9.84. The van der Waals surface area contributed by atoms with Gasteiger partial charge in [-0.1, -0.05) is 52.1 Å². The van der Waals surface area contributed by atoms with Gasteiger partial charge in [-0.15, -0.1) is 0 Å². The third-order valence-electron chi connectivity index (χ3n) is 7.03. The van der Waals surface area contributed by atoms with Crippen molar-refractivity contribution in [2.75, 3.05) is 13.1 Å². The number of nitrogens with zero attached hydrogens (tertiary/aromatic N) is 2. The summed E-state index contributed by atoms with van der Waals surface area (Å²) in [5.41, 5.74) is 0.865. The van der Waals surface area contributed by atoms with Crippen molar-refractivity contribution >= 4 is 40.9 Å². The first kappa shape index (κ1) is 28.1. The fraction of sp³-hybridized carbons (Fsp3) is 0.448. The van der Waals surface area contributed by atoms with Crippen LogP contribution in [0.3, 0.4) is 0 Å². The van der Waals surface area contributed by atoms with Gasteiger partial charge in [-0.2, -0.15) is 0 Å². The predicted molar refractivity (Wildman–Crippen MR) is 151 cm³/mol. The number of aromatic nitrogens is 1. The predicted octanol–water partition coefficient (Wildman–Crippen LogP) is 7.98. The van der Waals surface area contributed by atoms with Crippen molar-refractivity contribution in [2.45, 2.75) is 70.2 Å². The van der Waals surface area contributed by atoms with Crippen LogP contribution in [0.1, 0.15) is 69.3 Å². The summed E-state index contributed by atoms with van der Waals surface area (Å²) < 4.78 is 17.3. The Bertz CT molecular complexity index is 1350. The Labute approximate surface area is 242 Å². The Morgan fingerprint density at radius 1 is 1.10 bits per heavy atom. The number of ether oxygens (including phenoxy) is 2. The molecule has 1 saturated carbocycles. The summed E-state index contributed by atoms with van der Waals surface area (Å²) in [6.45, 7) is 6.41. The number of carbonyl (C=O) groups is 1. The average Bonchev–Trinajstić information content (AvgIpc) is 3.62. The smallest absolute Gasteiger partial charge is 0.410 e. The zero-order valence-electron chi connectivity index (χ0n) is 22.1. The van der Waals surface area contributed by atoms with Crippen LogP contribution in [0, 0.1) is 0 Å². The highest BCUT2D eigenvalue weighted by atomic mass is 35.5. The molecule has 2 fully saturated rings. The van der Waals surface area contributed by atoms with Gasteiger partial charge in [0.05, 0.1) is 26.2 Å². The molecule has 3 aromatic rings. The first-order chi connectivity index (χ1) is 18.4. The summed E-state index contributed by atoms with van der Waals surface area (Å²) in [7, 11) is 0. The molecular weight excluding hydrogens is 563 g/mol. The molecule has 1 aromatic heterocycles. The number of amides is 1. The highest BCUT2D eigenvalue weighted by Crippen LogP contribution is 2.46. The van der Waals surface area contributed by atoms with Crippen molar-refractivity contribution in [3.63, 3.8) is 0 Å². The van der Waals surface area contributed by atoms with E-state index >= 15 is 0 Å². The molecule has 0 atom stereocenters. The molecular formula is C29H31Cl3N2O5. The van der Waals surface area contributed by atoms with Gasteiger partial charge >= 0.3 is 6.09 Å². The third kappa shape index (κ3) is 6.17. The number of halogens is 3.